The van der Waals surface area contributed by atoms with Gasteiger partial charge in [0.25, 0.3) is 11.6 Å². The van der Waals surface area contributed by atoms with Crippen molar-refractivity contribution in [3.63, 3.8) is 0 Å². The molecule has 9 nitrogen and oxygen atoms in total. The van der Waals surface area contributed by atoms with Gasteiger partial charge in [-0.2, -0.15) is 4.31 Å². The molecule has 2 aromatic carbocycles. The number of sulfonamides is 1. The van der Waals surface area contributed by atoms with Crippen LogP contribution in [0.5, 0.6) is 5.75 Å². The second kappa shape index (κ2) is 9.44. The van der Waals surface area contributed by atoms with E-state index in [0.29, 0.717) is 18.7 Å². The van der Waals surface area contributed by atoms with Crippen LogP contribution in [0.15, 0.2) is 41.3 Å². The van der Waals surface area contributed by atoms with Crippen LogP contribution in [0.1, 0.15) is 41.6 Å². The molecule has 0 aromatic heterocycles. The van der Waals surface area contributed by atoms with Crippen molar-refractivity contribution in [2.75, 3.05) is 25.5 Å². The number of nitro groups is 1. The van der Waals surface area contributed by atoms with Crippen LogP contribution in [-0.4, -0.2) is 43.8 Å². The number of non-ortho nitro benzene ring substituents is 1. The molecule has 0 bridgehead atoms. The Labute approximate surface area is 181 Å². The summed E-state index contributed by atoms with van der Waals surface area (Å²) in [6.07, 6.45) is 3.62. The molecule has 166 valence electrons. The van der Waals surface area contributed by atoms with E-state index in [-0.39, 0.29) is 27.6 Å². The summed E-state index contributed by atoms with van der Waals surface area (Å²) in [6, 6.07) is 8.32. The zero-order valence-electron chi connectivity index (χ0n) is 17.5. The van der Waals surface area contributed by atoms with Gasteiger partial charge in [-0.3, -0.25) is 14.9 Å². The van der Waals surface area contributed by atoms with Crippen LogP contribution in [0, 0.1) is 17.0 Å². The van der Waals surface area contributed by atoms with Crippen LogP contribution >= 0.6 is 0 Å². The third-order valence-electron chi connectivity index (χ3n) is 5.28. The Bertz CT molecular complexity index is 1090. The summed E-state index contributed by atoms with van der Waals surface area (Å²) in [5, 5.41) is 13.6. The molecule has 10 heteroatoms. The fraction of sp³-hybridized carbons (Fsp3) is 0.381. The van der Waals surface area contributed by atoms with E-state index in [2.05, 4.69) is 5.32 Å². The minimum Gasteiger partial charge on any atom is -0.495 e. The van der Waals surface area contributed by atoms with E-state index in [1.165, 1.54) is 41.7 Å². The fourth-order valence-corrected chi connectivity index (χ4v) is 5.31. The van der Waals surface area contributed by atoms with Gasteiger partial charge in [-0.1, -0.05) is 18.9 Å². The van der Waals surface area contributed by atoms with Crippen molar-refractivity contribution in [2.24, 2.45) is 0 Å². The number of rotatable bonds is 6. The van der Waals surface area contributed by atoms with Crippen molar-refractivity contribution in [1.29, 1.82) is 0 Å². The van der Waals surface area contributed by atoms with Gasteiger partial charge in [-0.15, -0.1) is 0 Å². The highest BCUT2D eigenvalue weighted by molar-refractivity contribution is 7.89. The van der Waals surface area contributed by atoms with Crippen molar-refractivity contribution in [3.05, 3.63) is 57.6 Å². The molecular weight excluding hydrogens is 422 g/mol. The molecule has 1 amide bonds. The average Bonchev–Trinajstić information content (AvgIpc) is 3.04. The standard InChI is InChI=1S/C21H25N3O6S/c1-15-7-8-16(13-20(15)31(28,29)23-11-5-3-4-6-12-23)21(25)22-18-14-17(24(26)27)9-10-19(18)30-2/h7-10,13-14H,3-6,11-12H2,1-2H3,(H,22,25). The quantitative estimate of drug-likeness (QED) is 0.532. The average molecular weight is 448 g/mol. The predicted molar refractivity (Wildman–Crippen MR) is 116 cm³/mol. The highest BCUT2D eigenvalue weighted by Crippen LogP contribution is 2.30. The number of carbonyl (C=O) groups excluding carboxylic acids is 1. The lowest BCUT2D eigenvalue weighted by Crippen LogP contribution is -2.32. The summed E-state index contributed by atoms with van der Waals surface area (Å²) in [5.41, 5.74) is 0.602. The van der Waals surface area contributed by atoms with Crippen molar-refractivity contribution in [1.82, 2.24) is 4.31 Å². The summed E-state index contributed by atoms with van der Waals surface area (Å²) in [6.45, 7) is 2.61. The van der Waals surface area contributed by atoms with Gasteiger partial charge in [-0.25, -0.2) is 8.42 Å². The van der Waals surface area contributed by atoms with Crippen molar-refractivity contribution < 1.29 is 22.9 Å². The SMILES string of the molecule is COc1ccc([N+](=O)[O-])cc1NC(=O)c1ccc(C)c(S(=O)(=O)N2CCCCCC2)c1. The summed E-state index contributed by atoms with van der Waals surface area (Å²) < 4.78 is 33.1. The molecule has 1 aliphatic rings. The lowest BCUT2D eigenvalue weighted by molar-refractivity contribution is -0.384. The Morgan fingerprint density at radius 2 is 1.77 bits per heavy atom. The zero-order chi connectivity index (χ0) is 22.6. The maximum Gasteiger partial charge on any atom is 0.271 e. The van der Waals surface area contributed by atoms with Crippen LogP contribution in [0.2, 0.25) is 0 Å². The Kier molecular flexibility index (Phi) is 6.91. The summed E-state index contributed by atoms with van der Waals surface area (Å²) in [4.78, 5) is 23.4. The van der Waals surface area contributed by atoms with Crippen molar-refractivity contribution in [2.45, 2.75) is 37.5 Å². The molecule has 0 aliphatic carbocycles. The first-order valence-electron chi connectivity index (χ1n) is 9.98. The van der Waals surface area contributed by atoms with Gasteiger partial charge in [0.15, 0.2) is 0 Å². The van der Waals surface area contributed by atoms with Crippen LogP contribution < -0.4 is 10.1 Å². The summed E-state index contributed by atoms with van der Waals surface area (Å²) >= 11 is 0. The molecule has 1 heterocycles. The van der Waals surface area contributed by atoms with Crippen LogP contribution in [-0.2, 0) is 10.0 Å². The van der Waals surface area contributed by atoms with E-state index >= 15 is 0 Å². The number of aryl methyl sites for hydroxylation is 1. The van der Waals surface area contributed by atoms with Gasteiger partial charge in [0.2, 0.25) is 10.0 Å². The highest BCUT2D eigenvalue weighted by Gasteiger charge is 2.27. The number of carbonyl (C=O) groups is 1. The molecule has 1 N–H and O–H groups in total. The molecule has 0 saturated carbocycles. The molecule has 2 aromatic rings. The molecule has 1 saturated heterocycles. The maximum atomic E-state index is 13.2. The lowest BCUT2D eigenvalue weighted by atomic mass is 10.1. The number of ether oxygens (including phenoxy) is 1. The second-order valence-corrected chi connectivity index (χ2v) is 9.30. The van der Waals surface area contributed by atoms with Crippen LogP contribution in [0.4, 0.5) is 11.4 Å². The van der Waals surface area contributed by atoms with Gasteiger partial charge in [0.1, 0.15) is 5.75 Å². The van der Waals surface area contributed by atoms with Crippen molar-refractivity contribution >= 4 is 27.3 Å². The van der Waals surface area contributed by atoms with Gasteiger partial charge in [-0.05, 0) is 43.5 Å². The molecule has 0 unspecified atom stereocenters. The number of hydrogen-bond donors (Lipinski definition) is 1. The minimum absolute atomic E-state index is 0.0908. The first kappa shape index (κ1) is 22.7. The smallest absolute Gasteiger partial charge is 0.271 e. The Morgan fingerprint density at radius 3 is 2.39 bits per heavy atom. The molecule has 0 radical (unpaired) electrons. The summed E-state index contributed by atoms with van der Waals surface area (Å²) in [7, 11) is -2.35. The molecule has 3 rings (SSSR count). The molecule has 0 spiro atoms. The van der Waals surface area contributed by atoms with E-state index in [4.69, 9.17) is 4.74 Å². The molecular formula is C21H25N3O6S. The van der Waals surface area contributed by atoms with E-state index in [1.807, 2.05) is 0 Å². The fourth-order valence-electron chi connectivity index (χ4n) is 3.54. The zero-order valence-corrected chi connectivity index (χ0v) is 18.3. The van der Waals surface area contributed by atoms with Gasteiger partial charge < -0.3 is 10.1 Å². The minimum atomic E-state index is -3.74. The first-order chi connectivity index (χ1) is 14.7. The normalized spacial score (nSPS) is 15.2. The van der Waals surface area contributed by atoms with Gasteiger partial charge in [0, 0.05) is 30.8 Å². The highest BCUT2D eigenvalue weighted by atomic mass is 32.2. The third-order valence-corrected chi connectivity index (χ3v) is 7.32. The lowest BCUT2D eigenvalue weighted by Gasteiger charge is -2.21. The molecule has 31 heavy (non-hydrogen) atoms. The third kappa shape index (κ3) is 5.02. The molecule has 1 aliphatic heterocycles. The number of nitrogens with zero attached hydrogens (tertiary/aromatic N) is 2. The number of nitro benzene ring substituents is 1. The monoisotopic (exact) mass is 447 g/mol. The van der Waals surface area contributed by atoms with Crippen LogP contribution in [0.3, 0.4) is 0 Å². The summed E-state index contributed by atoms with van der Waals surface area (Å²) in [5.74, 6) is -0.338. The number of nitrogens with one attached hydrogen (secondary N) is 1. The number of methoxy groups -OCH3 is 1. The topological polar surface area (TPSA) is 119 Å². The van der Waals surface area contributed by atoms with Gasteiger partial charge in [0.05, 0.1) is 22.6 Å². The number of hydrogen-bond acceptors (Lipinski definition) is 6. The molecule has 1 fully saturated rings. The second-order valence-electron chi connectivity index (χ2n) is 7.39. The van der Waals surface area contributed by atoms with E-state index in [1.54, 1.807) is 13.0 Å². The van der Waals surface area contributed by atoms with E-state index in [9.17, 15) is 23.3 Å². The Hall–Kier alpha value is -2.98. The van der Waals surface area contributed by atoms with E-state index < -0.39 is 20.9 Å². The number of amides is 1. The Morgan fingerprint density at radius 1 is 1.10 bits per heavy atom. The van der Waals surface area contributed by atoms with Gasteiger partial charge >= 0.3 is 0 Å². The largest absolute Gasteiger partial charge is 0.495 e. The number of anilines is 1. The Balaban J connectivity index is 1.92. The maximum absolute atomic E-state index is 13.2. The number of benzene rings is 2. The van der Waals surface area contributed by atoms with Crippen molar-refractivity contribution in [3.8, 4) is 5.75 Å². The van der Waals surface area contributed by atoms with E-state index in [0.717, 1.165) is 25.7 Å². The van der Waals surface area contributed by atoms with Crippen LogP contribution in [0.25, 0.3) is 0 Å². The molecule has 0 atom stereocenters. The predicted octanol–water partition coefficient (Wildman–Crippen LogP) is 3.73. The first-order valence-corrected chi connectivity index (χ1v) is 11.4.